The van der Waals surface area contributed by atoms with Crippen molar-refractivity contribution in [2.24, 2.45) is 0 Å². The molecule has 0 fully saturated rings. The van der Waals surface area contributed by atoms with Crippen LogP contribution in [0.2, 0.25) is 0 Å². The van der Waals surface area contributed by atoms with Crippen molar-refractivity contribution < 1.29 is 4.42 Å². The number of benzene rings is 2. The summed E-state index contributed by atoms with van der Waals surface area (Å²) in [6.07, 6.45) is 0. The fraction of sp³-hybridized carbons (Fsp3) is 0. The molecule has 14 heavy (non-hydrogen) atoms. The smallest absolute Gasteiger partial charge is 0.248 e. The lowest BCUT2D eigenvalue weighted by molar-refractivity contribution is 0.612. The van der Waals surface area contributed by atoms with Crippen LogP contribution in [0.3, 0.4) is 0 Å². The lowest BCUT2D eigenvalue weighted by Crippen LogP contribution is -1.70. The normalized spacial score (nSPS) is 11.1. The topological polar surface area (TPSA) is 13.1 Å². The summed E-state index contributed by atoms with van der Waals surface area (Å²) in [5.74, 6) is 0. The second-order valence-electron chi connectivity index (χ2n) is 3.07. The monoisotopic (exact) mass is 218 g/mol. The zero-order valence-electron chi connectivity index (χ0n) is 7.19. The molecular weight excluding hydrogens is 212 g/mol. The maximum absolute atomic E-state index is 5.51. The van der Waals surface area contributed by atoms with Gasteiger partial charge in [-0.25, -0.2) is 0 Å². The summed E-state index contributed by atoms with van der Waals surface area (Å²) in [7, 11) is 0. The molecule has 1 heterocycles. The Morgan fingerprint density at radius 3 is 2.86 bits per heavy atom. The number of hydrogen-bond donors (Lipinski definition) is 0. The van der Waals surface area contributed by atoms with E-state index in [1.54, 1.807) is 0 Å². The third-order valence-corrected chi connectivity index (χ3v) is 3.35. The zero-order valence-corrected chi connectivity index (χ0v) is 8.82. The highest BCUT2D eigenvalue weighted by molar-refractivity contribution is 7.73. The van der Waals surface area contributed by atoms with Crippen LogP contribution in [-0.2, 0) is 0 Å². The van der Waals surface area contributed by atoms with E-state index in [1.165, 1.54) is 16.7 Å². The highest BCUT2D eigenvalue weighted by Gasteiger charge is 2.03. The number of hydrogen-bond acceptors (Lipinski definition) is 3. The van der Waals surface area contributed by atoms with Crippen molar-refractivity contribution in [2.45, 2.75) is 0 Å². The Balaban J connectivity index is 2.66. The second-order valence-corrected chi connectivity index (χ2v) is 4.71. The molecule has 0 atom stereocenters. The van der Waals surface area contributed by atoms with Crippen LogP contribution in [0.1, 0.15) is 0 Å². The van der Waals surface area contributed by atoms with Gasteiger partial charge in [-0.3, -0.25) is 0 Å². The van der Waals surface area contributed by atoms with Crippen molar-refractivity contribution >= 4 is 44.6 Å². The van der Waals surface area contributed by atoms with Crippen molar-refractivity contribution in [2.75, 3.05) is 0 Å². The lowest BCUT2D eigenvalue weighted by atomic mass is 10.1. The van der Waals surface area contributed by atoms with Gasteiger partial charge in [-0.15, -0.1) is 0 Å². The predicted molar refractivity (Wildman–Crippen MR) is 62.4 cm³/mol. The van der Waals surface area contributed by atoms with Gasteiger partial charge in [0, 0.05) is 5.39 Å². The van der Waals surface area contributed by atoms with Gasteiger partial charge in [0.25, 0.3) is 0 Å². The second kappa shape index (κ2) is 2.90. The van der Waals surface area contributed by atoms with E-state index in [9.17, 15) is 0 Å². The maximum Gasteiger partial charge on any atom is 0.248 e. The molecule has 0 aliphatic rings. The molecular formula is C11H6OS2. The van der Waals surface area contributed by atoms with E-state index in [4.69, 9.17) is 16.6 Å². The molecule has 0 bridgehead atoms. The van der Waals surface area contributed by atoms with Crippen molar-refractivity contribution in [1.29, 1.82) is 0 Å². The van der Waals surface area contributed by atoms with Gasteiger partial charge in [-0.05, 0) is 23.7 Å². The van der Waals surface area contributed by atoms with Crippen LogP contribution in [0.5, 0.6) is 0 Å². The minimum absolute atomic E-state index is 0.594. The first kappa shape index (κ1) is 8.15. The Labute approximate surface area is 89.6 Å². The van der Waals surface area contributed by atoms with Gasteiger partial charge in [0.1, 0.15) is 0 Å². The fourth-order valence-corrected chi connectivity index (χ4v) is 2.64. The van der Waals surface area contributed by atoms with Gasteiger partial charge in [0.05, 0.1) is 4.70 Å². The van der Waals surface area contributed by atoms with Crippen LogP contribution in [0.15, 0.2) is 40.8 Å². The van der Waals surface area contributed by atoms with E-state index in [0.29, 0.717) is 4.02 Å². The highest BCUT2D eigenvalue weighted by Crippen LogP contribution is 2.29. The molecule has 68 valence electrons. The van der Waals surface area contributed by atoms with Crippen LogP contribution in [0.4, 0.5) is 0 Å². The van der Waals surface area contributed by atoms with E-state index in [2.05, 4.69) is 24.3 Å². The average molecular weight is 218 g/mol. The Hall–Kier alpha value is -1.19. The van der Waals surface area contributed by atoms with Crippen molar-refractivity contribution in [1.82, 2.24) is 0 Å². The minimum atomic E-state index is 0.594. The predicted octanol–water partition coefficient (Wildman–Crippen LogP) is 4.38. The molecule has 0 saturated heterocycles. The van der Waals surface area contributed by atoms with Gasteiger partial charge in [0.15, 0.2) is 5.58 Å². The molecule has 0 amide bonds. The Kier molecular flexibility index (Phi) is 1.69. The summed E-state index contributed by atoms with van der Waals surface area (Å²) in [6.45, 7) is 0. The van der Waals surface area contributed by atoms with Crippen molar-refractivity contribution in [3.8, 4) is 0 Å². The largest absolute Gasteiger partial charge is 0.435 e. The van der Waals surface area contributed by atoms with E-state index < -0.39 is 0 Å². The number of fused-ring (bicyclic) bond motifs is 3. The molecule has 3 aromatic rings. The van der Waals surface area contributed by atoms with Gasteiger partial charge < -0.3 is 4.42 Å². The molecule has 0 N–H and O–H groups in total. The fourth-order valence-electron chi connectivity index (χ4n) is 1.60. The summed E-state index contributed by atoms with van der Waals surface area (Å²) in [5.41, 5.74) is 0.915. The summed E-state index contributed by atoms with van der Waals surface area (Å²) in [6, 6.07) is 12.3. The van der Waals surface area contributed by atoms with Crippen LogP contribution < -0.4 is 0 Å². The molecule has 1 nitrogen and oxygen atoms in total. The molecule has 0 radical (unpaired) electrons. The van der Waals surface area contributed by atoms with Crippen LogP contribution in [0.25, 0.3) is 21.1 Å². The first-order chi connectivity index (χ1) is 6.84. The van der Waals surface area contributed by atoms with Gasteiger partial charge in [-0.1, -0.05) is 41.7 Å². The van der Waals surface area contributed by atoms with Crippen molar-refractivity contribution in [3.05, 3.63) is 40.4 Å². The summed E-state index contributed by atoms with van der Waals surface area (Å²) >= 11 is 6.54. The molecule has 2 aromatic carbocycles. The maximum atomic E-state index is 5.51. The molecule has 0 aliphatic carbocycles. The molecule has 0 unspecified atom stereocenters. The molecule has 1 aromatic heterocycles. The summed E-state index contributed by atoms with van der Waals surface area (Å²) in [5, 5.41) is 2.33. The summed E-state index contributed by atoms with van der Waals surface area (Å²) in [4.78, 5) is 0. The SMILES string of the molecule is S=c1oc2c(ccc3ccccc32)s1. The average Bonchev–Trinajstić information content (AvgIpc) is 2.59. The Morgan fingerprint density at radius 1 is 1.07 bits per heavy atom. The number of rotatable bonds is 0. The van der Waals surface area contributed by atoms with E-state index >= 15 is 0 Å². The van der Waals surface area contributed by atoms with Crippen LogP contribution in [-0.4, -0.2) is 0 Å². The molecule has 3 heteroatoms. The van der Waals surface area contributed by atoms with Gasteiger partial charge in [0.2, 0.25) is 4.02 Å². The Bertz CT molecular complexity index is 663. The third kappa shape index (κ3) is 1.10. The van der Waals surface area contributed by atoms with Crippen molar-refractivity contribution in [3.63, 3.8) is 0 Å². The van der Waals surface area contributed by atoms with Gasteiger partial charge >= 0.3 is 0 Å². The molecule has 0 saturated carbocycles. The van der Waals surface area contributed by atoms with E-state index in [0.717, 1.165) is 15.7 Å². The minimum Gasteiger partial charge on any atom is -0.435 e. The molecule has 3 rings (SSSR count). The molecule has 0 spiro atoms. The van der Waals surface area contributed by atoms with E-state index in [-0.39, 0.29) is 0 Å². The summed E-state index contributed by atoms with van der Waals surface area (Å²) < 4.78 is 7.23. The van der Waals surface area contributed by atoms with Crippen LogP contribution in [0, 0.1) is 4.02 Å². The lowest BCUT2D eigenvalue weighted by Gasteiger charge is -1.95. The quantitative estimate of drug-likeness (QED) is 0.519. The van der Waals surface area contributed by atoms with Gasteiger partial charge in [-0.2, -0.15) is 0 Å². The zero-order chi connectivity index (χ0) is 9.54. The molecule has 0 aliphatic heterocycles. The van der Waals surface area contributed by atoms with E-state index in [1.807, 2.05) is 12.1 Å². The first-order valence-corrected chi connectivity index (χ1v) is 5.48. The first-order valence-electron chi connectivity index (χ1n) is 4.26. The van der Waals surface area contributed by atoms with Crippen LogP contribution >= 0.6 is 23.6 Å². The highest BCUT2D eigenvalue weighted by atomic mass is 32.1. The third-order valence-electron chi connectivity index (χ3n) is 2.22. The standard InChI is InChI=1S/C11H6OS2/c13-11-12-10-8-4-2-1-3-7(8)5-6-9(10)14-11/h1-6H. The Morgan fingerprint density at radius 2 is 1.93 bits per heavy atom.